The molecule has 0 amide bonds. The van der Waals surface area contributed by atoms with Gasteiger partial charge in [-0.25, -0.2) is 9.97 Å². The van der Waals surface area contributed by atoms with Crippen LogP contribution in [0.25, 0.3) is 0 Å². The van der Waals surface area contributed by atoms with Crippen LogP contribution in [0.3, 0.4) is 0 Å². The number of likely N-dealkylation sites (N-methyl/N-ethyl adjacent to an activating group) is 1. The normalized spacial score (nSPS) is 19.3. The summed E-state index contributed by atoms with van der Waals surface area (Å²) in [6.45, 7) is 3.98. The van der Waals surface area contributed by atoms with Crippen molar-refractivity contribution in [1.82, 2.24) is 14.9 Å². The Morgan fingerprint density at radius 3 is 2.63 bits per heavy atom. The third kappa shape index (κ3) is 6.91. The molecule has 30 heavy (non-hydrogen) atoms. The highest BCUT2D eigenvalue weighted by Crippen LogP contribution is 2.25. The summed E-state index contributed by atoms with van der Waals surface area (Å²) in [6.07, 6.45) is 5.15. The molecule has 3 rings (SSSR count). The number of ether oxygens (including phenoxy) is 2. The van der Waals surface area contributed by atoms with Crippen LogP contribution < -0.4 is 9.64 Å². The van der Waals surface area contributed by atoms with E-state index >= 15 is 0 Å². The molecule has 0 bridgehead atoms. The Morgan fingerprint density at radius 2 is 1.90 bits per heavy atom. The van der Waals surface area contributed by atoms with Gasteiger partial charge in [0.1, 0.15) is 12.4 Å². The number of β-amino-alcohol motifs (C(OH)–C–C–N with tert-alkyl or cyclic N) is 1. The van der Waals surface area contributed by atoms with Crippen LogP contribution >= 0.6 is 0 Å². The van der Waals surface area contributed by atoms with Gasteiger partial charge in [-0.3, -0.25) is 4.90 Å². The molecule has 164 valence electrons. The summed E-state index contributed by atoms with van der Waals surface area (Å²) < 4.78 is 10.8. The molecule has 8 nitrogen and oxygen atoms in total. The van der Waals surface area contributed by atoms with Gasteiger partial charge in [-0.2, -0.15) is 0 Å². The smallest absolute Gasteiger partial charge is 0.225 e. The molecular formula is C22H32N4O4. The van der Waals surface area contributed by atoms with E-state index in [1.54, 1.807) is 18.5 Å². The molecule has 1 aromatic heterocycles. The highest BCUT2D eigenvalue weighted by atomic mass is 16.5. The van der Waals surface area contributed by atoms with Crippen molar-refractivity contribution in [2.24, 2.45) is 0 Å². The quantitative estimate of drug-likeness (QED) is 0.530. The monoisotopic (exact) mass is 416 g/mol. The number of aliphatic hydroxyl groups is 2. The lowest BCUT2D eigenvalue weighted by Gasteiger charge is -2.41. The molecule has 1 aliphatic rings. The Hall–Kier alpha value is -2.26. The Kier molecular flexibility index (Phi) is 8.39. The lowest BCUT2D eigenvalue weighted by atomic mass is 9.92. The molecule has 1 saturated heterocycles. The number of rotatable bonds is 11. The van der Waals surface area contributed by atoms with Gasteiger partial charge >= 0.3 is 0 Å². The van der Waals surface area contributed by atoms with E-state index in [1.807, 2.05) is 31.3 Å². The Morgan fingerprint density at radius 1 is 1.13 bits per heavy atom. The summed E-state index contributed by atoms with van der Waals surface area (Å²) in [4.78, 5) is 12.8. The van der Waals surface area contributed by atoms with E-state index in [1.165, 1.54) is 0 Å². The van der Waals surface area contributed by atoms with Gasteiger partial charge < -0.3 is 24.6 Å². The zero-order valence-corrected chi connectivity index (χ0v) is 17.6. The van der Waals surface area contributed by atoms with Gasteiger partial charge in [0.2, 0.25) is 5.95 Å². The lowest BCUT2D eigenvalue weighted by molar-refractivity contribution is -0.00366. The maximum absolute atomic E-state index is 11.2. The zero-order valence-electron chi connectivity index (χ0n) is 17.6. The van der Waals surface area contributed by atoms with Gasteiger partial charge in [0.25, 0.3) is 0 Å². The average Bonchev–Trinajstić information content (AvgIpc) is 2.75. The topological polar surface area (TPSA) is 91.2 Å². The second-order valence-corrected chi connectivity index (χ2v) is 7.80. The number of hydrogen-bond acceptors (Lipinski definition) is 8. The Balaban J connectivity index is 1.46. The number of aliphatic hydroxyl groups excluding tert-OH is 1. The molecule has 2 heterocycles. The van der Waals surface area contributed by atoms with E-state index in [0.717, 1.165) is 37.2 Å². The molecule has 0 aliphatic carbocycles. The van der Waals surface area contributed by atoms with E-state index in [2.05, 4.69) is 19.8 Å². The number of nitrogens with zero attached hydrogens (tertiary/aromatic N) is 4. The largest absolute Gasteiger partial charge is 0.491 e. The van der Waals surface area contributed by atoms with Crippen molar-refractivity contribution in [2.45, 2.75) is 25.0 Å². The first-order valence-electron chi connectivity index (χ1n) is 10.4. The first-order valence-corrected chi connectivity index (χ1v) is 10.4. The van der Waals surface area contributed by atoms with Gasteiger partial charge in [-0.15, -0.1) is 0 Å². The first kappa shape index (κ1) is 22.4. The van der Waals surface area contributed by atoms with Crippen LogP contribution in [0, 0.1) is 0 Å². The molecule has 1 aliphatic heterocycles. The van der Waals surface area contributed by atoms with Gasteiger partial charge in [-0.1, -0.05) is 12.1 Å². The third-order valence-electron chi connectivity index (χ3n) is 5.06. The highest BCUT2D eigenvalue weighted by molar-refractivity contribution is 5.31. The number of hydrogen-bond donors (Lipinski definition) is 2. The number of aromatic nitrogens is 2. The summed E-state index contributed by atoms with van der Waals surface area (Å²) in [5.41, 5.74) is 0.369. The van der Waals surface area contributed by atoms with Crippen LogP contribution in [0.15, 0.2) is 42.7 Å². The highest BCUT2D eigenvalue weighted by Gasteiger charge is 2.35. The fraction of sp³-hybridized carbons (Fsp3) is 0.545. The van der Waals surface area contributed by atoms with Crippen molar-refractivity contribution < 1.29 is 19.7 Å². The van der Waals surface area contributed by atoms with E-state index in [-0.39, 0.29) is 6.61 Å². The molecule has 0 spiro atoms. The third-order valence-corrected chi connectivity index (χ3v) is 5.06. The molecule has 1 atom stereocenters. The van der Waals surface area contributed by atoms with Crippen LogP contribution in [0.5, 0.6) is 5.75 Å². The Bertz CT molecular complexity index is 747. The van der Waals surface area contributed by atoms with Crippen LogP contribution in [-0.4, -0.2) is 83.8 Å². The molecule has 2 N–H and O–H groups in total. The van der Waals surface area contributed by atoms with E-state index < -0.39 is 5.60 Å². The lowest BCUT2D eigenvalue weighted by Crippen LogP contribution is -2.54. The van der Waals surface area contributed by atoms with Crippen LogP contribution in [-0.2, 0) is 11.3 Å². The second kappa shape index (κ2) is 11.2. The van der Waals surface area contributed by atoms with Crippen molar-refractivity contribution in [3.8, 4) is 5.75 Å². The number of anilines is 1. The maximum Gasteiger partial charge on any atom is 0.225 e. The van der Waals surface area contributed by atoms with E-state index in [4.69, 9.17) is 14.6 Å². The minimum atomic E-state index is -0.788. The average molecular weight is 417 g/mol. The predicted octanol–water partition coefficient (Wildman–Crippen LogP) is 1.33. The zero-order chi connectivity index (χ0) is 21.2. The molecule has 2 aromatic rings. The van der Waals surface area contributed by atoms with Gasteiger partial charge in [0.15, 0.2) is 0 Å². The van der Waals surface area contributed by atoms with Crippen molar-refractivity contribution in [2.75, 3.05) is 58.0 Å². The SMILES string of the molecule is CN(Cc1ccc(OCCOCCO)cc1)CC1(O)CCCN(c2ncccn2)C1. The molecule has 0 saturated carbocycles. The van der Waals surface area contributed by atoms with E-state index in [9.17, 15) is 5.11 Å². The summed E-state index contributed by atoms with van der Waals surface area (Å²) in [7, 11) is 2.03. The van der Waals surface area contributed by atoms with E-state index in [0.29, 0.717) is 38.9 Å². The number of piperidine rings is 1. The molecule has 8 heteroatoms. The fourth-order valence-corrected chi connectivity index (χ4v) is 3.81. The summed E-state index contributed by atoms with van der Waals surface area (Å²) in [5.74, 6) is 1.47. The summed E-state index contributed by atoms with van der Waals surface area (Å²) >= 11 is 0. The van der Waals surface area contributed by atoms with Crippen molar-refractivity contribution in [3.05, 3.63) is 48.3 Å². The molecular weight excluding hydrogens is 384 g/mol. The second-order valence-electron chi connectivity index (χ2n) is 7.80. The number of benzene rings is 1. The van der Waals surface area contributed by atoms with Crippen molar-refractivity contribution >= 4 is 5.95 Å². The maximum atomic E-state index is 11.2. The Labute approximate surface area is 178 Å². The molecule has 1 fully saturated rings. The van der Waals surface area contributed by atoms with Crippen molar-refractivity contribution in [1.29, 1.82) is 0 Å². The standard InChI is InChI=1S/C22H32N4O4/c1-25(16-19-4-6-20(7-5-19)30-15-14-29-13-12-27)17-22(28)8-2-11-26(18-22)21-23-9-3-10-24-21/h3-7,9-10,27-28H,2,8,11-18H2,1H3. The van der Waals surface area contributed by atoms with Gasteiger partial charge in [0.05, 0.1) is 32.0 Å². The molecule has 1 aromatic carbocycles. The van der Waals surface area contributed by atoms with Crippen LogP contribution in [0.1, 0.15) is 18.4 Å². The van der Waals surface area contributed by atoms with Crippen LogP contribution in [0.4, 0.5) is 5.95 Å². The predicted molar refractivity (Wildman–Crippen MR) is 115 cm³/mol. The van der Waals surface area contributed by atoms with Crippen molar-refractivity contribution in [3.63, 3.8) is 0 Å². The summed E-state index contributed by atoms with van der Waals surface area (Å²) in [6, 6.07) is 9.76. The minimum absolute atomic E-state index is 0.0232. The molecule has 0 radical (unpaired) electrons. The van der Waals surface area contributed by atoms with Gasteiger partial charge in [0, 0.05) is 32.0 Å². The van der Waals surface area contributed by atoms with Crippen LogP contribution in [0.2, 0.25) is 0 Å². The first-order chi connectivity index (χ1) is 14.6. The van der Waals surface area contributed by atoms with Gasteiger partial charge in [-0.05, 0) is 43.7 Å². The molecule has 1 unspecified atom stereocenters. The minimum Gasteiger partial charge on any atom is -0.491 e. The summed E-state index contributed by atoms with van der Waals surface area (Å²) in [5, 5.41) is 19.8. The fourth-order valence-electron chi connectivity index (χ4n) is 3.81.